The van der Waals surface area contributed by atoms with Crippen LogP contribution in [0.3, 0.4) is 0 Å². The van der Waals surface area contributed by atoms with Gasteiger partial charge in [0, 0.05) is 19.0 Å². The summed E-state index contributed by atoms with van der Waals surface area (Å²) in [6.07, 6.45) is 4.81. The number of sulfonamides is 1. The molecule has 1 aliphatic rings. The minimum Gasteiger partial charge on any atom is -0.352 e. The van der Waals surface area contributed by atoms with Crippen LogP contribution in [0.1, 0.15) is 60.4 Å². The number of anilines is 1. The van der Waals surface area contributed by atoms with Crippen molar-refractivity contribution in [1.29, 1.82) is 0 Å². The van der Waals surface area contributed by atoms with E-state index in [0.717, 1.165) is 53.5 Å². The van der Waals surface area contributed by atoms with Crippen LogP contribution >= 0.6 is 0 Å². The molecule has 1 fully saturated rings. The van der Waals surface area contributed by atoms with Gasteiger partial charge in [0.05, 0.1) is 10.6 Å². The largest absolute Gasteiger partial charge is 0.352 e. The number of nitrogens with one attached hydrogen (secondary N) is 1. The van der Waals surface area contributed by atoms with Crippen LogP contribution in [0, 0.1) is 13.8 Å². The Morgan fingerprint density at radius 2 is 1.38 bits per heavy atom. The molecule has 0 aromatic heterocycles. The van der Waals surface area contributed by atoms with E-state index in [2.05, 4.69) is 5.32 Å². The van der Waals surface area contributed by atoms with Crippen molar-refractivity contribution >= 4 is 27.5 Å². The fraction of sp³-hybridized carbons (Fsp3) is 0.333. The van der Waals surface area contributed by atoms with Gasteiger partial charge in [-0.3, -0.25) is 13.9 Å². The van der Waals surface area contributed by atoms with Gasteiger partial charge in [-0.05, 0) is 68.0 Å². The zero-order valence-corrected chi connectivity index (χ0v) is 28.4. The summed E-state index contributed by atoms with van der Waals surface area (Å²) in [5, 5.41) is 3.23. The summed E-state index contributed by atoms with van der Waals surface area (Å²) in [6, 6.07) is 30.7. The highest BCUT2D eigenvalue weighted by Crippen LogP contribution is 2.29. The van der Waals surface area contributed by atoms with Crippen molar-refractivity contribution < 1.29 is 18.0 Å². The first-order chi connectivity index (χ1) is 22.7. The third-order valence-corrected chi connectivity index (χ3v) is 10.7. The fourth-order valence-electron chi connectivity index (χ4n) is 6.22. The second-order valence-electron chi connectivity index (χ2n) is 12.5. The third-order valence-electron chi connectivity index (χ3n) is 8.98. The molecule has 5 rings (SSSR count). The number of benzene rings is 4. The number of carbonyl (C=O) groups is 2. The van der Waals surface area contributed by atoms with Gasteiger partial charge in [0.2, 0.25) is 11.8 Å². The average Bonchev–Trinajstić information content (AvgIpc) is 3.59. The van der Waals surface area contributed by atoms with E-state index in [1.54, 1.807) is 41.3 Å². The predicted molar refractivity (Wildman–Crippen MR) is 188 cm³/mol. The molecule has 7 nitrogen and oxygen atoms in total. The van der Waals surface area contributed by atoms with Crippen LogP contribution in [0.15, 0.2) is 108 Å². The van der Waals surface area contributed by atoms with Gasteiger partial charge in [-0.15, -0.1) is 0 Å². The summed E-state index contributed by atoms with van der Waals surface area (Å²) in [5.41, 5.74) is 5.05. The first kappa shape index (κ1) is 33.9. The smallest absolute Gasteiger partial charge is 0.264 e. The Bertz CT molecular complexity index is 1750. The summed E-state index contributed by atoms with van der Waals surface area (Å²) in [6.45, 7) is 5.56. The van der Waals surface area contributed by atoms with E-state index in [4.69, 9.17) is 0 Å². The molecule has 8 heteroatoms. The Morgan fingerprint density at radius 3 is 2.02 bits per heavy atom. The lowest BCUT2D eigenvalue weighted by Gasteiger charge is -2.34. The Balaban J connectivity index is 1.58. The number of carbonyl (C=O) groups excluding carboxylic acids is 2. The molecule has 0 radical (unpaired) electrons. The van der Waals surface area contributed by atoms with E-state index >= 15 is 0 Å². The first-order valence-corrected chi connectivity index (χ1v) is 18.0. The number of hydrogen-bond acceptors (Lipinski definition) is 4. The van der Waals surface area contributed by atoms with E-state index in [1.165, 1.54) is 4.31 Å². The van der Waals surface area contributed by atoms with Gasteiger partial charge in [-0.25, -0.2) is 8.42 Å². The fourth-order valence-corrected chi connectivity index (χ4v) is 7.67. The summed E-state index contributed by atoms with van der Waals surface area (Å²) < 4.78 is 30.0. The van der Waals surface area contributed by atoms with Gasteiger partial charge in [0.1, 0.15) is 12.6 Å². The van der Waals surface area contributed by atoms with Crippen molar-refractivity contribution in [2.24, 2.45) is 0 Å². The SMILES string of the molecule is CCc1ccccc1N(CC(=O)N(Cc1ccc(C)cc1)[C@@H](Cc1ccccc1)C(=O)NC1CCCC1)S(=O)(=O)c1ccc(C)cc1. The first-order valence-electron chi connectivity index (χ1n) is 16.5. The van der Waals surface area contributed by atoms with Crippen LogP contribution in [-0.4, -0.2) is 43.8 Å². The van der Waals surface area contributed by atoms with E-state index in [-0.39, 0.29) is 23.4 Å². The second kappa shape index (κ2) is 15.4. The molecule has 1 atom stereocenters. The molecule has 0 aliphatic heterocycles. The van der Waals surface area contributed by atoms with Crippen LogP contribution in [0.4, 0.5) is 5.69 Å². The zero-order valence-electron chi connectivity index (χ0n) is 27.6. The number of nitrogens with zero attached hydrogens (tertiary/aromatic N) is 2. The predicted octanol–water partition coefficient (Wildman–Crippen LogP) is 6.76. The van der Waals surface area contributed by atoms with Crippen molar-refractivity contribution in [1.82, 2.24) is 10.2 Å². The molecule has 47 heavy (non-hydrogen) atoms. The monoisotopic (exact) mass is 651 g/mol. The van der Waals surface area contributed by atoms with Crippen LogP contribution < -0.4 is 9.62 Å². The molecule has 2 amide bonds. The highest BCUT2D eigenvalue weighted by molar-refractivity contribution is 7.92. The number of aryl methyl sites for hydroxylation is 3. The number of hydrogen-bond donors (Lipinski definition) is 1. The third kappa shape index (κ3) is 8.49. The topological polar surface area (TPSA) is 86.8 Å². The molecule has 4 aromatic carbocycles. The van der Waals surface area contributed by atoms with Gasteiger partial charge in [-0.2, -0.15) is 0 Å². The molecule has 0 unspecified atom stereocenters. The van der Waals surface area contributed by atoms with Gasteiger partial charge < -0.3 is 10.2 Å². The summed E-state index contributed by atoms with van der Waals surface area (Å²) in [7, 11) is -4.15. The van der Waals surface area contributed by atoms with E-state index in [1.807, 2.05) is 87.5 Å². The summed E-state index contributed by atoms with van der Waals surface area (Å²) in [4.78, 5) is 30.6. The Morgan fingerprint density at radius 1 is 0.787 bits per heavy atom. The summed E-state index contributed by atoms with van der Waals surface area (Å²) >= 11 is 0. The molecular formula is C39H45N3O4S. The molecule has 0 spiro atoms. The lowest BCUT2D eigenvalue weighted by Crippen LogP contribution is -2.54. The standard InChI is InChI=1S/C39H45N3O4S/c1-4-33-14-8-11-17-36(33)42(47(45,46)35-24-20-30(3)21-25-35)28-38(43)41(27-32-22-18-29(2)19-23-32)37(26-31-12-6-5-7-13-31)39(44)40-34-15-9-10-16-34/h5-8,11-14,17-25,34,37H,4,9-10,15-16,26-28H2,1-3H3,(H,40,44)/t37-/m0/s1. The van der Waals surface area contributed by atoms with Crippen molar-refractivity contribution in [3.8, 4) is 0 Å². The van der Waals surface area contributed by atoms with E-state index in [0.29, 0.717) is 18.5 Å². The van der Waals surface area contributed by atoms with Gasteiger partial charge in [0.25, 0.3) is 10.0 Å². The molecule has 0 saturated heterocycles. The highest BCUT2D eigenvalue weighted by Gasteiger charge is 2.36. The molecule has 1 saturated carbocycles. The maximum Gasteiger partial charge on any atom is 0.264 e. The molecule has 0 heterocycles. The molecule has 4 aromatic rings. The average molecular weight is 652 g/mol. The molecule has 246 valence electrons. The minimum absolute atomic E-state index is 0.0620. The van der Waals surface area contributed by atoms with Crippen molar-refractivity contribution in [3.63, 3.8) is 0 Å². The Hall–Kier alpha value is -4.43. The number of para-hydroxylation sites is 1. The van der Waals surface area contributed by atoms with Crippen molar-refractivity contribution in [2.45, 2.75) is 82.8 Å². The lowest BCUT2D eigenvalue weighted by molar-refractivity contribution is -0.140. The number of rotatable bonds is 13. The maximum atomic E-state index is 14.7. The second-order valence-corrected chi connectivity index (χ2v) is 14.4. The quantitative estimate of drug-likeness (QED) is 0.173. The van der Waals surface area contributed by atoms with Crippen LogP contribution in [0.25, 0.3) is 0 Å². The number of amides is 2. The van der Waals surface area contributed by atoms with Crippen molar-refractivity contribution in [3.05, 3.63) is 131 Å². The van der Waals surface area contributed by atoms with Crippen LogP contribution in [-0.2, 0) is 39.0 Å². The Labute approximate surface area is 279 Å². The Kier molecular flexibility index (Phi) is 11.1. The van der Waals surface area contributed by atoms with E-state index in [9.17, 15) is 18.0 Å². The molecular weight excluding hydrogens is 607 g/mol. The minimum atomic E-state index is -4.15. The van der Waals surface area contributed by atoms with E-state index < -0.39 is 28.5 Å². The molecule has 0 bridgehead atoms. The highest BCUT2D eigenvalue weighted by atomic mass is 32.2. The lowest BCUT2D eigenvalue weighted by atomic mass is 10.0. The van der Waals surface area contributed by atoms with Gasteiger partial charge in [-0.1, -0.05) is 116 Å². The van der Waals surface area contributed by atoms with Gasteiger partial charge in [0.15, 0.2) is 0 Å². The van der Waals surface area contributed by atoms with Gasteiger partial charge >= 0.3 is 0 Å². The molecule has 1 aliphatic carbocycles. The van der Waals surface area contributed by atoms with Crippen molar-refractivity contribution in [2.75, 3.05) is 10.8 Å². The normalized spacial score (nSPS) is 14.0. The zero-order chi connectivity index (χ0) is 33.4. The molecule has 1 N–H and O–H groups in total. The van der Waals surface area contributed by atoms with Crippen LogP contribution in [0.5, 0.6) is 0 Å². The summed E-state index contributed by atoms with van der Waals surface area (Å²) in [5.74, 6) is -0.669. The van der Waals surface area contributed by atoms with Crippen LogP contribution in [0.2, 0.25) is 0 Å². The maximum absolute atomic E-state index is 14.7.